The summed E-state index contributed by atoms with van der Waals surface area (Å²) in [5.74, 6) is 1.72. The van der Waals surface area contributed by atoms with E-state index < -0.39 is 0 Å². The van der Waals surface area contributed by atoms with Crippen LogP contribution in [0.15, 0.2) is 28.8 Å². The average molecular weight is 390 g/mol. The van der Waals surface area contributed by atoms with E-state index in [0.717, 1.165) is 50.6 Å². The van der Waals surface area contributed by atoms with Gasteiger partial charge in [0.25, 0.3) is 0 Å². The van der Waals surface area contributed by atoms with Gasteiger partial charge in [-0.05, 0) is 49.9 Å². The number of hydrogen-bond donors (Lipinski definition) is 0. The zero-order valence-electron chi connectivity index (χ0n) is 16.2. The van der Waals surface area contributed by atoms with Gasteiger partial charge < -0.3 is 9.42 Å². The highest BCUT2D eigenvalue weighted by molar-refractivity contribution is 6.30. The second-order valence-electron chi connectivity index (χ2n) is 7.33. The molecule has 146 valence electrons. The first-order valence-electron chi connectivity index (χ1n) is 10.0. The van der Waals surface area contributed by atoms with Gasteiger partial charge in [0.1, 0.15) is 0 Å². The first-order chi connectivity index (χ1) is 13.1. The Kier molecular flexibility index (Phi) is 6.89. The third-order valence-corrected chi connectivity index (χ3v) is 5.63. The van der Waals surface area contributed by atoms with Gasteiger partial charge in [0.2, 0.25) is 17.6 Å². The molecule has 27 heavy (non-hydrogen) atoms. The number of halogens is 1. The Morgan fingerprint density at radius 3 is 2.81 bits per heavy atom. The maximum absolute atomic E-state index is 12.9. The smallest absolute Gasteiger partial charge is 0.231 e. The normalized spacial score (nSPS) is 18.5. The first kappa shape index (κ1) is 19.9. The molecule has 0 N–H and O–H groups in total. The molecule has 0 saturated carbocycles. The van der Waals surface area contributed by atoms with Crippen LogP contribution in [0.4, 0.5) is 0 Å². The standard InChI is InChI=1S/C21H28ClN3O2/c1-3-5-7-15(4-2)21(26)25-13-6-8-17(14-25)20-23-19(24-27-20)16-9-11-18(22)12-10-16/h9-12,15,17H,3-8,13-14H2,1-2H3. The van der Waals surface area contributed by atoms with Crippen LogP contribution in [0.5, 0.6) is 0 Å². The van der Waals surface area contributed by atoms with E-state index in [-0.39, 0.29) is 17.7 Å². The highest BCUT2D eigenvalue weighted by atomic mass is 35.5. The highest BCUT2D eigenvalue weighted by Gasteiger charge is 2.31. The Hall–Kier alpha value is -1.88. The third kappa shape index (κ3) is 4.89. The molecular weight excluding hydrogens is 362 g/mol. The fourth-order valence-corrected chi connectivity index (χ4v) is 3.83. The highest BCUT2D eigenvalue weighted by Crippen LogP contribution is 2.29. The number of benzene rings is 1. The maximum atomic E-state index is 12.9. The summed E-state index contributed by atoms with van der Waals surface area (Å²) in [6.07, 6.45) is 6.06. The van der Waals surface area contributed by atoms with Crippen LogP contribution >= 0.6 is 11.6 Å². The Morgan fingerprint density at radius 1 is 1.33 bits per heavy atom. The van der Waals surface area contributed by atoms with Gasteiger partial charge in [0.15, 0.2) is 0 Å². The molecule has 0 aliphatic carbocycles. The molecule has 0 spiro atoms. The number of amides is 1. The predicted molar refractivity (Wildman–Crippen MR) is 107 cm³/mol. The van der Waals surface area contributed by atoms with Gasteiger partial charge in [-0.2, -0.15) is 4.98 Å². The number of carbonyl (C=O) groups is 1. The van der Waals surface area contributed by atoms with Gasteiger partial charge in [-0.3, -0.25) is 4.79 Å². The van der Waals surface area contributed by atoms with Gasteiger partial charge in [0, 0.05) is 29.6 Å². The molecule has 2 atom stereocenters. The maximum Gasteiger partial charge on any atom is 0.231 e. The fraction of sp³-hybridized carbons (Fsp3) is 0.571. The number of hydrogen-bond acceptors (Lipinski definition) is 4. The van der Waals surface area contributed by atoms with Gasteiger partial charge in [-0.25, -0.2) is 0 Å². The van der Waals surface area contributed by atoms with E-state index in [2.05, 4.69) is 24.0 Å². The summed E-state index contributed by atoms with van der Waals surface area (Å²) in [5, 5.41) is 4.80. The number of unbranched alkanes of at least 4 members (excludes halogenated alkanes) is 1. The predicted octanol–water partition coefficient (Wildman–Crippen LogP) is 5.31. The molecule has 1 aromatic heterocycles. The molecule has 1 aliphatic rings. The van der Waals surface area contributed by atoms with E-state index in [1.54, 1.807) is 0 Å². The summed E-state index contributed by atoms with van der Waals surface area (Å²) in [7, 11) is 0. The SMILES string of the molecule is CCCCC(CC)C(=O)N1CCCC(c2nc(-c3ccc(Cl)cc3)no2)C1. The largest absolute Gasteiger partial charge is 0.342 e. The van der Waals surface area contributed by atoms with Crippen molar-refractivity contribution in [2.24, 2.45) is 5.92 Å². The topological polar surface area (TPSA) is 59.2 Å². The molecule has 1 fully saturated rings. The van der Waals surface area contributed by atoms with Crippen molar-refractivity contribution in [2.45, 2.75) is 58.3 Å². The molecule has 1 aliphatic heterocycles. The Labute approximate surface area is 166 Å². The Morgan fingerprint density at radius 2 is 2.11 bits per heavy atom. The molecule has 1 aromatic carbocycles. The lowest BCUT2D eigenvalue weighted by atomic mass is 9.93. The minimum absolute atomic E-state index is 0.111. The van der Waals surface area contributed by atoms with Crippen LogP contribution in [0.25, 0.3) is 11.4 Å². The average Bonchev–Trinajstić information content (AvgIpc) is 3.19. The minimum atomic E-state index is 0.111. The van der Waals surface area contributed by atoms with Crippen LogP contribution < -0.4 is 0 Å². The summed E-state index contributed by atoms with van der Waals surface area (Å²) < 4.78 is 5.54. The Bertz CT molecular complexity index is 744. The second-order valence-corrected chi connectivity index (χ2v) is 7.77. The summed E-state index contributed by atoms with van der Waals surface area (Å²) in [6.45, 7) is 5.78. The van der Waals surface area contributed by atoms with E-state index in [0.29, 0.717) is 23.3 Å². The van der Waals surface area contributed by atoms with Crippen LogP contribution in [0, 0.1) is 5.92 Å². The van der Waals surface area contributed by atoms with Gasteiger partial charge in [-0.1, -0.05) is 43.4 Å². The minimum Gasteiger partial charge on any atom is -0.342 e. The van der Waals surface area contributed by atoms with Crippen molar-refractivity contribution in [3.8, 4) is 11.4 Å². The molecule has 2 heterocycles. The molecule has 0 radical (unpaired) electrons. The number of carbonyl (C=O) groups excluding carboxylic acids is 1. The number of piperidine rings is 1. The molecule has 5 nitrogen and oxygen atoms in total. The summed E-state index contributed by atoms with van der Waals surface area (Å²) in [4.78, 5) is 19.5. The van der Waals surface area contributed by atoms with E-state index in [1.807, 2.05) is 29.2 Å². The first-order valence-corrected chi connectivity index (χ1v) is 10.4. The molecule has 6 heteroatoms. The molecule has 1 amide bonds. The van der Waals surface area contributed by atoms with Crippen LogP contribution in [-0.4, -0.2) is 34.0 Å². The van der Waals surface area contributed by atoms with Gasteiger partial charge >= 0.3 is 0 Å². The van der Waals surface area contributed by atoms with Crippen molar-refractivity contribution in [1.82, 2.24) is 15.0 Å². The zero-order valence-corrected chi connectivity index (χ0v) is 16.9. The quantitative estimate of drug-likeness (QED) is 0.643. The zero-order chi connectivity index (χ0) is 19.2. The number of nitrogens with zero attached hydrogens (tertiary/aromatic N) is 3. The van der Waals surface area contributed by atoms with Crippen molar-refractivity contribution in [3.05, 3.63) is 35.2 Å². The molecule has 3 rings (SSSR count). The fourth-order valence-electron chi connectivity index (χ4n) is 3.71. The van der Waals surface area contributed by atoms with Crippen molar-refractivity contribution in [2.75, 3.05) is 13.1 Å². The van der Waals surface area contributed by atoms with Crippen LogP contribution in [-0.2, 0) is 4.79 Å². The molecule has 1 saturated heterocycles. The number of rotatable bonds is 7. The molecule has 2 aromatic rings. The van der Waals surface area contributed by atoms with E-state index >= 15 is 0 Å². The van der Waals surface area contributed by atoms with E-state index in [1.165, 1.54) is 0 Å². The van der Waals surface area contributed by atoms with Crippen molar-refractivity contribution in [3.63, 3.8) is 0 Å². The lowest BCUT2D eigenvalue weighted by molar-refractivity contribution is -0.137. The lowest BCUT2D eigenvalue weighted by Gasteiger charge is -2.33. The van der Waals surface area contributed by atoms with Crippen LogP contribution in [0.1, 0.15) is 64.2 Å². The molecular formula is C21H28ClN3O2. The molecule has 2 unspecified atom stereocenters. The second kappa shape index (κ2) is 9.36. The monoisotopic (exact) mass is 389 g/mol. The van der Waals surface area contributed by atoms with E-state index in [9.17, 15) is 4.79 Å². The third-order valence-electron chi connectivity index (χ3n) is 5.37. The van der Waals surface area contributed by atoms with Crippen LogP contribution in [0.2, 0.25) is 5.02 Å². The number of likely N-dealkylation sites (tertiary alicyclic amines) is 1. The number of aromatic nitrogens is 2. The van der Waals surface area contributed by atoms with Crippen molar-refractivity contribution >= 4 is 17.5 Å². The summed E-state index contributed by atoms with van der Waals surface area (Å²) in [6, 6.07) is 7.39. The lowest BCUT2D eigenvalue weighted by Crippen LogP contribution is -2.42. The van der Waals surface area contributed by atoms with Gasteiger partial charge in [0.05, 0.1) is 5.92 Å². The van der Waals surface area contributed by atoms with Gasteiger partial charge in [-0.15, -0.1) is 0 Å². The van der Waals surface area contributed by atoms with E-state index in [4.69, 9.17) is 16.1 Å². The van der Waals surface area contributed by atoms with Crippen LogP contribution in [0.3, 0.4) is 0 Å². The van der Waals surface area contributed by atoms with Crippen molar-refractivity contribution < 1.29 is 9.32 Å². The van der Waals surface area contributed by atoms with Crippen molar-refractivity contribution in [1.29, 1.82) is 0 Å². The Balaban J connectivity index is 1.67. The molecule has 0 bridgehead atoms. The summed E-state index contributed by atoms with van der Waals surface area (Å²) in [5.41, 5.74) is 0.878. The summed E-state index contributed by atoms with van der Waals surface area (Å²) >= 11 is 5.94.